The Hall–Kier alpha value is -0.930. The van der Waals surface area contributed by atoms with Crippen LogP contribution in [-0.2, 0) is 9.47 Å². The van der Waals surface area contributed by atoms with Gasteiger partial charge in [0, 0.05) is 5.56 Å². The molecule has 15 heavy (non-hydrogen) atoms. The molecule has 1 heterocycles. The zero-order chi connectivity index (χ0) is 11.1. The monoisotopic (exact) mass is 210 g/mol. The summed E-state index contributed by atoms with van der Waals surface area (Å²) in [6.07, 6.45) is -0.446. The van der Waals surface area contributed by atoms with Crippen molar-refractivity contribution in [2.75, 3.05) is 0 Å². The van der Waals surface area contributed by atoms with Crippen LogP contribution in [0, 0.1) is 5.82 Å². The molecule has 2 nitrogen and oxygen atoms in total. The van der Waals surface area contributed by atoms with E-state index in [-0.39, 0.29) is 18.0 Å². The van der Waals surface area contributed by atoms with E-state index in [1.165, 1.54) is 6.07 Å². The van der Waals surface area contributed by atoms with E-state index in [1.54, 1.807) is 18.2 Å². The smallest absolute Gasteiger partial charge is 0.164 e. The topological polar surface area (TPSA) is 18.5 Å². The van der Waals surface area contributed by atoms with Gasteiger partial charge in [-0.05, 0) is 26.8 Å². The van der Waals surface area contributed by atoms with Gasteiger partial charge in [0.1, 0.15) is 11.9 Å². The van der Waals surface area contributed by atoms with Crippen LogP contribution >= 0.6 is 0 Å². The van der Waals surface area contributed by atoms with Crippen LogP contribution in [0.2, 0.25) is 0 Å². The van der Waals surface area contributed by atoms with Gasteiger partial charge in [-0.3, -0.25) is 0 Å². The molecule has 1 fully saturated rings. The van der Waals surface area contributed by atoms with Crippen molar-refractivity contribution in [2.45, 2.75) is 38.8 Å². The molecular formula is C12H15FO2. The second-order valence-electron chi connectivity index (χ2n) is 4.28. The van der Waals surface area contributed by atoms with Crippen molar-refractivity contribution < 1.29 is 13.9 Å². The molecule has 1 aliphatic rings. The first kappa shape index (κ1) is 10.6. The normalized spacial score (nSPS) is 29.3. The Morgan fingerprint density at radius 2 is 1.87 bits per heavy atom. The fraction of sp³-hybridized carbons (Fsp3) is 0.500. The summed E-state index contributed by atoms with van der Waals surface area (Å²) < 4.78 is 24.8. The first-order chi connectivity index (χ1) is 6.99. The first-order valence-electron chi connectivity index (χ1n) is 5.10. The summed E-state index contributed by atoms with van der Waals surface area (Å²) in [7, 11) is 0. The summed E-state index contributed by atoms with van der Waals surface area (Å²) in [5.74, 6) is -0.873. The maximum Gasteiger partial charge on any atom is 0.164 e. The molecule has 1 aliphatic heterocycles. The van der Waals surface area contributed by atoms with Crippen molar-refractivity contribution in [3.05, 3.63) is 35.6 Å². The predicted molar refractivity (Wildman–Crippen MR) is 54.9 cm³/mol. The third-order valence-corrected chi connectivity index (χ3v) is 2.52. The van der Waals surface area contributed by atoms with Crippen molar-refractivity contribution in [3.63, 3.8) is 0 Å². The average Bonchev–Trinajstić information content (AvgIpc) is 2.40. The average molecular weight is 210 g/mol. The van der Waals surface area contributed by atoms with Crippen LogP contribution in [-0.4, -0.2) is 11.9 Å². The third-order valence-electron chi connectivity index (χ3n) is 2.52. The van der Waals surface area contributed by atoms with Gasteiger partial charge in [0.25, 0.3) is 0 Å². The van der Waals surface area contributed by atoms with E-state index in [0.29, 0.717) is 5.56 Å². The molecule has 1 aromatic carbocycles. The molecule has 2 rings (SSSR count). The lowest BCUT2D eigenvalue weighted by Gasteiger charge is -2.17. The van der Waals surface area contributed by atoms with Gasteiger partial charge in [-0.15, -0.1) is 0 Å². The minimum atomic E-state index is -0.633. The Morgan fingerprint density at radius 1 is 1.20 bits per heavy atom. The fourth-order valence-corrected chi connectivity index (χ4v) is 1.96. The second-order valence-corrected chi connectivity index (χ2v) is 4.28. The molecule has 3 heteroatoms. The van der Waals surface area contributed by atoms with E-state index in [2.05, 4.69) is 0 Å². The highest BCUT2D eigenvalue weighted by atomic mass is 19.1. The van der Waals surface area contributed by atoms with Crippen molar-refractivity contribution in [2.24, 2.45) is 0 Å². The quantitative estimate of drug-likeness (QED) is 0.709. The van der Waals surface area contributed by atoms with Crippen LogP contribution < -0.4 is 0 Å². The summed E-state index contributed by atoms with van der Waals surface area (Å²) in [5, 5.41) is 0. The first-order valence-corrected chi connectivity index (χ1v) is 5.10. The van der Waals surface area contributed by atoms with E-state index < -0.39 is 5.79 Å². The van der Waals surface area contributed by atoms with Gasteiger partial charge < -0.3 is 9.47 Å². The van der Waals surface area contributed by atoms with Crippen LogP contribution in [0.25, 0.3) is 0 Å². The fourth-order valence-electron chi connectivity index (χ4n) is 1.96. The Morgan fingerprint density at radius 3 is 2.40 bits per heavy atom. The standard InChI is InChI=1S/C12H15FO2/c1-8-11(15-12(2,3)14-8)9-6-4-5-7-10(9)13/h4-8,11H,1-3H3. The van der Waals surface area contributed by atoms with Crippen LogP contribution in [0.1, 0.15) is 32.4 Å². The minimum absolute atomic E-state index is 0.128. The van der Waals surface area contributed by atoms with E-state index in [4.69, 9.17) is 9.47 Å². The van der Waals surface area contributed by atoms with Gasteiger partial charge in [0.05, 0.1) is 6.10 Å². The number of hydrogen-bond acceptors (Lipinski definition) is 2. The molecule has 0 radical (unpaired) electrons. The molecule has 0 spiro atoms. The molecule has 0 aliphatic carbocycles. The third kappa shape index (κ3) is 2.03. The van der Waals surface area contributed by atoms with E-state index in [1.807, 2.05) is 20.8 Å². The van der Waals surface area contributed by atoms with Gasteiger partial charge in [0.15, 0.2) is 5.79 Å². The summed E-state index contributed by atoms with van der Waals surface area (Å²) in [6, 6.07) is 6.66. The van der Waals surface area contributed by atoms with Gasteiger partial charge in [-0.2, -0.15) is 0 Å². The maximum absolute atomic E-state index is 13.5. The summed E-state index contributed by atoms with van der Waals surface area (Å²) >= 11 is 0. The Bertz CT molecular complexity index is 362. The summed E-state index contributed by atoms with van der Waals surface area (Å²) in [6.45, 7) is 5.57. The Balaban J connectivity index is 2.29. The molecule has 0 bridgehead atoms. The second kappa shape index (κ2) is 3.58. The molecule has 82 valence electrons. The van der Waals surface area contributed by atoms with Gasteiger partial charge >= 0.3 is 0 Å². The number of hydrogen-bond donors (Lipinski definition) is 0. The lowest BCUT2D eigenvalue weighted by Crippen LogP contribution is -2.20. The lowest BCUT2D eigenvalue weighted by molar-refractivity contribution is -0.145. The summed E-state index contributed by atoms with van der Waals surface area (Å²) in [4.78, 5) is 0. The van der Waals surface area contributed by atoms with Gasteiger partial charge in [-0.25, -0.2) is 4.39 Å². The molecule has 1 saturated heterocycles. The molecule has 0 aromatic heterocycles. The van der Waals surface area contributed by atoms with Crippen LogP contribution in [0.4, 0.5) is 4.39 Å². The molecule has 0 saturated carbocycles. The van der Waals surface area contributed by atoms with Crippen molar-refractivity contribution in [3.8, 4) is 0 Å². The Labute approximate surface area is 89.0 Å². The van der Waals surface area contributed by atoms with E-state index in [9.17, 15) is 4.39 Å². The number of benzene rings is 1. The summed E-state index contributed by atoms with van der Waals surface area (Å²) in [5.41, 5.74) is 0.565. The minimum Gasteiger partial charge on any atom is -0.344 e. The van der Waals surface area contributed by atoms with Crippen molar-refractivity contribution in [1.29, 1.82) is 0 Å². The van der Waals surface area contributed by atoms with E-state index >= 15 is 0 Å². The number of rotatable bonds is 1. The van der Waals surface area contributed by atoms with Crippen molar-refractivity contribution >= 4 is 0 Å². The molecule has 0 N–H and O–H groups in total. The zero-order valence-corrected chi connectivity index (χ0v) is 9.16. The van der Waals surface area contributed by atoms with Gasteiger partial charge in [0.2, 0.25) is 0 Å². The van der Waals surface area contributed by atoms with E-state index in [0.717, 1.165) is 0 Å². The molecule has 2 unspecified atom stereocenters. The number of ether oxygens (including phenoxy) is 2. The molecular weight excluding hydrogens is 195 g/mol. The van der Waals surface area contributed by atoms with Gasteiger partial charge in [-0.1, -0.05) is 18.2 Å². The van der Waals surface area contributed by atoms with Crippen molar-refractivity contribution in [1.82, 2.24) is 0 Å². The number of halogens is 1. The van der Waals surface area contributed by atoms with Crippen LogP contribution in [0.3, 0.4) is 0 Å². The lowest BCUT2D eigenvalue weighted by atomic mass is 10.1. The molecule has 0 amide bonds. The molecule has 2 atom stereocenters. The largest absolute Gasteiger partial charge is 0.344 e. The van der Waals surface area contributed by atoms with Crippen LogP contribution in [0.5, 0.6) is 0 Å². The Kier molecular flexibility index (Phi) is 2.52. The zero-order valence-electron chi connectivity index (χ0n) is 9.16. The maximum atomic E-state index is 13.5. The SMILES string of the molecule is CC1OC(C)(C)OC1c1ccccc1F. The highest BCUT2D eigenvalue weighted by molar-refractivity contribution is 5.21. The highest BCUT2D eigenvalue weighted by Crippen LogP contribution is 2.38. The highest BCUT2D eigenvalue weighted by Gasteiger charge is 2.40. The molecule has 1 aromatic rings. The van der Waals surface area contributed by atoms with Crippen LogP contribution in [0.15, 0.2) is 24.3 Å². The predicted octanol–water partition coefficient (Wildman–Crippen LogP) is 3.04.